The normalized spacial score (nSPS) is 23.2. The molecule has 5 atom stereocenters. The Morgan fingerprint density at radius 2 is 0.861 bits per heavy atom. The van der Waals surface area contributed by atoms with Crippen molar-refractivity contribution in [2.45, 2.75) is 213 Å². The molecule has 2 fully saturated rings. The molecule has 2 aliphatic rings. The van der Waals surface area contributed by atoms with Crippen molar-refractivity contribution in [2.75, 3.05) is 0 Å². The first-order valence-electron chi connectivity index (χ1n) is 17.5. The Balaban J connectivity index is 1.97. The topological polar surface area (TPSA) is 3.24 Å². The third-order valence-electron chi connectivity index (χ3n) is 9.80. The molecule has 0 aromatic heterocycles. The van der Waals surface area contributed by atoms with Gasteiger partial charge in [0.1, 0.15) is 0 Å². The summed E-state index contributed by atoms with van der Waals surface area (Å²) in [5.41, 5.74) is 0. The number of piperidine rings is 1. The summed E-state index contributed by atoms with van der Waals surface area (Å²) in [6, 6.07) is 2.81. The molecule has 0 radical (unpaired) electrons. The number of fused-ring (bicyclic) bond motifs is 1. The van der Waals surface area contributed by atoms with Crippen LogP contribution in [-0.2, 0) is 0 Å². The Morgan fingerprint density at radius 3 is 1.33 bits per heavy atom. The van der Waals surface area contributed by atoms with Crippen LogP contribution in [0.1, 0.15) is 195 Å². The monoisotopic (exact) mass is 504 g/mol. The number of likely N-dealkylation sites (tertiary alicyclic amines) is 1. The number of rotatable bonds is 26. The lowest BCUT2D eigenvalue weighted by atomic mass is 9.84. The Kier molecular flexibility index (Phi) is 18.6. The molecule has 0 bridgehead atoms. The molecule has 1 heteroatoms. The van der Waals surface area contributed by atoms with Crippen LogP contribution < -0.4 is 0 Å². The van der Waals surface area contributed by atoms with E-state index in [9.17, 15) is 0 Å². The maximum atomic E-state index is 3.21. The van der Waals surface area contributed by atoms with Gasteiger partial charge in [0.05, 0.1) is 0 Å². The van der Waals surface area contributed by atoms with Crippen LogP contribution in [-0.4, -0.2) is 23.0 Å². The van der Waals surface area contributed by atoms with Gasteiger partial charge < -0.3 is 0 Å². The molecule has 1 heterocycles. The van der Waals surface area contributed by atoms with Crippen LogP contribution >= 0.6 is 0 Å². The Hall–Kier alpha value is -0.0400. The minimum atomic E-state index is 0.901. The van der Waals surface area contributed by atoms with Gasteiger partial charge in [0.15, 0.2) is 0 Å². The average molecular weight is 504 g/mol. The molecule has 1 nitrogen and oxygen atoms in total. The van der Waals surface area contributed by atoms with Gasteiger partial charge in [-0.15, -0.1) is 0 Å². The van der Waals surface area contributed by atoms with Crippen LogP contribution in [0.5, 0.6) is 0 Å². The molecule has 0 amide bonds. The maximum Gasteiger partial charge on any atom is 0.0134 e. The highest BCUT2D eigenvalue weighted by atomic mass is 15.3. The van der Waals surface area contributed by atoms with E-state index in [1.807, 2.05) is 0 Å². The molecule has 0 spiro atoms. The Bertz CT molecular complexity index is 487. The van der Waals surface area contributed by atoms with Gasteiger partial charge in [-0.2, -0.15) is 0 Å². The first kappa shape index (κ1) is 32.2. The summed E-state index contributed by atoms with van der Waals surface area (Å²) in [7, 11) is 0. The van der Waals surface area contributed by atoms with E-state index in [2.05, 4.69) is 32.6 Å². The second-order valence-electron chi connectivity index (χ2n) is 13.0. The first-order valence-corrected chi connectivity index (χ1v) is 17.5. The lowest BCUT2D eigenvalue weighted by Crippen LogP contribution is -2.45. The van der Waals surface area contributed by atoms with E-state index in [1.165, 1.54) is 161 Å². The quantitative estimate of drug-likeness (QED) is 0.106. The number of nitrogens with zero attached hydrogens (tertiary/aromatic N) is 1. The summed E-state index contributed by atoms with van der Waals surface area (Å²) >= 11 is 0. The second kappa shape index (κ2) is 20.9. The summed E-state index contributed by atoms with van der Waals surface area (Å²) in [6.45, 7) is 9.42. The molecule has 4 unspecified atom stereocenters. The fraction of sp³-hybridized carbons (Fsp3) is 1.00. The van der Waals surface area contributed by atoms with Gasteiger partial charge in [0, 0.05) is 18.1 Å². The lowest BCUT2D eigenvalue weighted by Gasteiger charge is -2.40. The second-order valence-corrected chi connectivity index (χ2v) is 13.0. The smallest absolute Gasteiger partial charge is 0.0134 e. The van der Waals surface area contributed by atoms with Crippen molar-refractivity contribution in [3.63, 3.8) is 0 Å². The Morgan fingerprint density at radius 1 is 0.472 bits per heavy atom. The molecule has 1 saturated carbocycles. The van der Waals surface area contributed by atoms with Crippen molar-refractivity contribution >= 4 is 0 Å². The third-order valence-corrected chi connectivity index (χ3v) is 9.80. The minimum Gasteiger partial charge on any atom is -0.294 e. The summed E-state index contributed by atoms with van der Waals surface area (Å²) in [6.07, 6.45) is 38.2. The molecule has 214 valence electrons. The third kappa shape index (κ3) is 12.7. The largest absolute Gasteiger partial charge is 0.294 e. The number of hydrogen-bond acceptors (Lipinski definition) is 1. The number of hydrogen-bond donors (Lipinski definition) is 0. The zero-order valence-electron chi connectivity index (χ0n) is 25.7. The highest BCUT2D eigenvalue weighted by Crippen LogP contribution is 2.52. The van der Waals surface area contributed by atoms with Gasteiger partial charge in [-0.1, -0.05) is 156 Å². The molecule has 1 saturated heterocycles. The molecule has 1 aliphatic heterocycles. The predicted octanol–water partition coefficient (Wildman–Crippen LogP) is 11.9. The van der Waals surface area contributed by atoms with Crippen LogP contribution in [0.4, 0.5) is 0 Å². The van der Waals surface area contributed by atoms with Crippen molar-refractivity contribution in [3.05, 3.63) is 0 Å². The fourth-order valence-electron chi connectivity index (χ4n) is 7.46. The van der Waals surface area contributed by atoms with E-state index in [4.69, 9.17) is 0 Å². The van der Waals surface area contributed by atoms with Crippen molar-refractivity contribution in [1.82, 2.24) is 4.90 Å². The van der Waals surface area contributed by atoms with Crippen molar-refractivity contribution < 1.29 is 0 Å². The maximum absolute atomic E-state index is 3.21. The van der Waals surface area contributed by atoms with Crippen LogP contribution in [0, 0.1) is 11.8 Å². The molecule has 0 aromatic rings. The van der Waals surface area contributed by atoms with E-state index in [0.717, 1.165) is 30.0 Å². The van der Waals surface area contributed by atoms with Crippen LogP contribution in [0.25, 0.3) is 0 Å². The van der Waals surface area contributed by atoms with E-state index < -0.39 is 0 Å². The van der Waals surface area contributed by atoms with E-state index >= 15 is 0 Å². The molecular formula is C35H69N. The molecule has 36 heavy (non-hydrogen) atoms. The van der Waals surface area contributed by atoms with E-state index in [0.29, 0.717) is 0 Å². The molecule has 2 rings (SSSR count). The standard InChI is InChI=1S/C35H69N/c1-5-9-13-17-20-22-26-31(25-21-18-14-10-6-2)34-29-32-30-35(32)36(34)33(27-23-16-12-8-4)28-24-19-15-11-7-3/h31-35H,5-30H2,1-4H3/t31?,32?,33?,34-,35?/m0/s1. The summed E-state index contributed by atoms with van der Waals surface area (Å²) in [5, 5.41) is 0. The van der Waals surface area contributed by atoms with E-state index in [-0.39, 0.29) is 0 Å². The molecule has 1 aliphatic carbocycles. The lowest BCUT2D eigenvalue weighted by molar-refractivity contribution is 0.0827. The minimum absolute atomic E-state index is 0.901. The van der Waals surface area contributed by atoms with Gasteiger partial charge in [0.2, 0.25) is 0 Å². The highest BCUT2D eigenvalue weighted by Gasteiger charge is 2.54. The molecule has 0 N–H and O–H groups in total. The zero-order valence-corrected chi connectivity index (χ0v) is 25.7. The summed E-state index contributed by atoms with van der Waals surface area (Å²) < 4.78 is 0. The fourth-order valence-corrected chi connectivity index (χ4v) is 7.46. The first-order chi connectivity index (χ1) is 17.8. The Labute approximate surface area is 229 Å². The van der Waals surface area contributed by atoms with Gasteiger partial charge in [-0.05, 0) is 50.4 Å². The van der Waals surface area contributed by atoms with Gasteiger partial charge in [-0.3, -0.25) is 4.90 Å². The highest BCUT2D eigenvalue weighted by molar-refractivity contribution is 5.09. The summed E-state index contributed by atoms with van der Waals surface area (Å²) in [5.74, 6) is 2.06. The van der Waals surface area contributed by atoms with Gasteiger partial charge in [-0.25, -0.2) is 0 Å². The average Bonchev–Trinajstić information content (AvgIpc) is 3.55. The van der Waals surface area contributed by atoms with Crippen LogP contribution in [0.15, 0.2) is 0 Å². The van der Waals surface area contributed by atoms with Crippen molar-refractivity contribution in [1.29, 1.82) is 0 Å². The van der Waals surface area contributed by atoms with Crippen molar-refractivity contribution in [2.24, 2.45) is 11.8 Å². The van der Waals surface area contributed by atoms with Crippen LogP contribution in [0.2, 0.25) is 0 Å². The zero-order chi connectivity index (χ0) is 25.8. The van der Waals surface area contributed by atoms with Crippen molar-refractivity contribution in [3.8, 4) is 0 Å². The SMILES string of the molecule is CCCCCCCCC(CCCCCCC)[C@@H]1CC2CC2N1C(CCCCCC)CCCCCCC. The summed E-state index contributed by atoms with van der Waals surface area (Å²) in [4.78, 5) is 3.21. The molecular weight excluding hydrogens is 434 g/mol. The number of unbranched alkanes of at least 4 members (excludes halogenated alkanes) is 16. The van der Waals surface area contributed by atoms with E-state index in [1.54, 1.807) is 6.42 Å². The van der Waals surface area contributed by atoms with Gasteiger partial charge >= 0.3 is 0 Å². The van der Waals surface area contributed by atoms with Gasteiger partial charge in [0.25, 0.3) is 0 Å². The van der Waals surface area contributed by atoms with Crippen LogP contribution in [0.3, 0.4) is 0 Å². The molecule has 0 aromatic carbocycles. The predicted molar refractivity (Wildman–Crippen MR) is 163 cm³/mol.